The van der Waals surface area contributed by atoms with Gasteiger partial charge in [-0.15, -0.1) is 0 Å². The lowest BCUT2D eigenvalue weighted by Gasteiger charge is -2.15. The Morgan fingerprint density at radius 1 is 1.13 bits per heavy atom. The Hall–Kier alpha value is -3.01. The minimum absolute atomic E-state index is 0.0179. The molecule has 30 heavy (non-hydrogen) atoms. The number of nitrogens with one attached hydrogen (secondary N) is 1. The fourth-order valence-electron chi connectivity index (χ4n) is 2.84. The number of imide groups is 1. The van der Waals surface area contributed by atoms with E-state index >= 15 is 0 Å². The van der Waals surface area contributed by atoms with Gasteiger partial charge in [0.25, 0.3) is 11.1 Å². The summed E-state index contributed by atoms with van der Waals surface area (Å²) in [6, 6.07) is 9.20. The van der Waals surface area contributed by atoms with Gasteiger partial charge >= 0.3 is 6.18 Å². The maximum Gasteiger partial charge on any atom is 0.416 e. The average Bonchev–Trinajstić information content (AvgIpc) is 3.03. The molecule has 2 aromatic carbocycles. The lowest BCUT2D eigenvalue weighted by Crippen LogP contribution is -2.28. The standard InChI is InChI=1S/C20H17F3N2O4S/c1-29-16-7-4-13(10-25-17(26)11-30-19(25)28)8-15(16)18(27)24-9-12-2-5-14(6-3-12)20(21,22)23/h2-8H,9-11H2,1H3,(H,24,27). The van der Waals surface area contributed by atoms with Crippen molar-refractivity contribution in [3.63, 3.8) is 0 Å². The van der Waals surface area contributed by atoms with Crippen LogP contribution in [0.15, 0.2) is 42.5 Å². The van der Waals surface area contributed by atoms with E-state index in [1.807, 2.05) is 0 Å². The van der Waals surface area contributed by atoms with Crippen molar-refractivity contribution in [3.05, 3.63) is 64.7 Å². The molecule has 0 aromatic heterocycles. The van der Waals surface area contributed by atoms with E-state index in [4.69, 9.17) is 4.74 Å². The molecule has 0 saturated carbocycles. The molecule has 1 aliphatic rings. The van der Waals surface area contributed by atoms with Crippen LogP contribution < -0.4 is 10.1 Å². The molecule has 1 fully saturated rings. The van der Waals surface area contributed by atoms with Crippen LogP contribution in [0.5, 0.6) is 5.75 Å². The van der Waals surface area contributed by atoms with Crippen molar-refractivity contribution in [2.75, 3.05) is 12.9 Å². The molecular weight excluding hydrogens is 421 g/mol. The Balaban J connectivity index is 1.71. The van der Waals surface area contributed by atoms with Crippen molar-refractivity contribution in [2.24, 2.45) is 0 Å². The van der Waals surface area contributed by atoms with Gasteiger partial charge in [0, 0.05) is 6.54 Å². The molecular formula is C20H17F3N2O4S. The first kappa shape index (κ1) is 21.7. The van der Waals surface area contributed by atoms with E-state index in [1.54, 1.807) is 12.1 Å². The van der Waals surface area contributed by atoms with Gasteiger partial charge in [0.15, 0.2) is 0 Å². The Kier molecular flexibility index (Phi) is 6.35. The molecule has 1 N–H and O–H groups in total. The van der Waals surface area contributed by atoms with E-state index in [9.17, 15) is 27.6 Å². The first-order valence-corrected chi connectivity index (χ1v) is 9.76. The molecule has 158 valence electrons. The first-order valence-electron chi connectivity index (χ1n) is 8.77. The molecule has 1 aliphatic heterocycles. The molecule has 1 saturated heterocycles. The van der Waals surface area contributed by atoms with Gasteiger partial charge in [-0.1, -0.05) is 30.0 Å². The normalized spacial score (nSPS) is 14.2. The van der Waals surface area contributed by atoms with Gasteiger partial charge in [0.2, 0.25) is 5.91 Å². The van der Waals surface area contributed by atoms with Gasteiger partial charge < -0.3 is 10.1 Å². The Bertz CT molecular complexity index is 961. The molecule has 1 heterocycles. The fourth-order valence-corrected chi connectivity index (χ4v) is 3.56. The van der Waals surface area contributed by atoms with Crippen LogP contribution in [0.1, 0.15) is 27.0 Å². The number of hydrogen-bond acceptors (Lipinski definition) is 5. The van der Waals surface area contributed by atoms with E-state index in [2.05, 4.69) is 5.32 Å². The van der Waals surface area contributed by atoms with Gasteiger partial charge in [0.05, 0.1) is 30.5 Å². The summed E-state index contributed by atoms with van der Waals surface area (Å²) >= 11 is 0.922. The highest BCUT2D eigenvalue weighted by molar-refractivity contribution is 8.14. The van der Waals surface area contributed by atoms with E-state index < -0.39 is 17.6 Å². The smallest absolute Gasteiger partial charge is 0.416 e. The molecule has 6 nitrogen and oxygen atoms in total. The number of carbonyl (C=O) groups excluding carboxylic acids is 3. The van der Waals surface area contributed by atoms with Crippen LogP contribution in [0.4, 0.5) is 18.0 Å². The SMILES string of the molecule is COc1ccc(CN2C(=O)CSC2=O)cc1C(=O)NCc1ccc(C(F)(F)F)cc1. The lowest BCUT2D eigenvalue weighted by molar-refractivity contribution is -0.137. The highest BCUT2D eigenvalue weighted by atomic mass is 32.2. The molecule has 3 rings (SSSR count). The zero-order valence-corrected chi connectivity index (χ0v) is 16.6. The number of nitrogens with zero attached hydrogens (tertiary/aromatic N) is 1. The number of benzene rings is 2. The second-order valence-electron chi connectivity index (χ2n) is 6.45. The molecule has 0 unspecified atom stereocenters. The van der Waals surface area contributed by atoms with Gasteiger partial charge in [0.1, 0.15) is 5.75 Å². The Morgan fingerprint density at radius 3 is 2.37 bits per heavy atom. The predicted octanol–water partition coefficient (Wildman–Crippen LogP) is 3.84. The third-order valence-electron chi connectivity index (χ3n) is 4.42. The summed E-state index contributed by atoms with van der Waals surface area (Å²) in [6.45, 7) is 0.0535. The number of thioether (sulfide) groups is 1. The van der Waals surface area contributed by atoms with E-state index in [0.717, 1.165) is 28.8 Å². The second-order valence-corrected chi connectivity index (χ2v) is 7.37. The summed E-state index contributed by atoms with van der Waals surface area (Å²) in [5.41, 5.74) is 0.487. The minimum atomic E-state index is -4.42. The molecule has 3 amide bonds. The Morgan fingerprint density at radius 2 is 1.80 bits per heavy atom. The lowest BCUT2D eigenvalue weighted by atomic mass is 10.1. The summed E-state index contributed by atoms with van der Waals surface area (Å²) in [6.07, 6.45) is -4.42. The fraction of sp³-hybridized carbons (Fsp3) is 0.250. The zero-order chi connectivity index (χ0) is 21.9. The summed E-state index contributed by atoms with van der Waals surface area (Å²) in [4.78, 5) is 37.3. The third kappa shape index (κ3) is 4.93. The molecule has 0 atom stereocenters. The van der Waals surface area contributed by atoms with Crippen molar-refractivity contribution < 1.29 is 32.3 Å². The number of hydrogen-bond donors (Lipinski definition) is 1. The van der Waals surface area contributed by atoms with Crippen molar-refractivity contribution in [1.29, 1.82) is 0 Å². The second kappa shape index (κ2) is 8.78. The number of methoxy groups -OCH3 is 1. The van der Waals surface area contributed by atoms with Crippen molar-refractivity contribution in [2.45, 2.75) is 19.3 Å². The molecule has 0 aliphatic carbocycles. The topological polar surface area (TPSA) is 75.7 Å². The minimum Gasteiger partial charge on any atom is -0.496 e. The van der Waals surface area contributed by atoms with Crippen LogP contribution in [0.2, 0.25) is 0 Å². The first-order chi connectivity index (χ1) is 14.2. The third-order valence-corrected chi connectivity index (χ3v) is 5.28. The molecule has 0 radical (unpaired) electrons. The summed E-state index contributed by atoms with van der Waals surface area (Å²) < 4.78 is 43.1. The Labute approximate surface area is 174 Å². The van der Waals surface area contributed by atoms with Crippen molar-refractivity contribution in [3.8, 4) is 5.75 Å². The number of rotatable bonds is 6. The maximum atomic E-state index is 12.6. The molecule has 0 spiro atoms. The van der Waals surface area contributed by atoms with Crippen LogP contribution in [0, 0.1) is 0 Å². The van der Waals surface area contributed by atoms with Gasteiger partial charge in [-0.05, 0) is 35.4 Å². The van der Waals surface area contributed by atoms with Crippen molar-refractivity contribution in [1.82, 2.24) is 10.2 Å². The molecule has 10 heteroatoms. The maximum absolute atomic E-state index is 12.6. The molecule has 0 bridgehead atoms. The van der Waals surface area contributed by atoms with Gasteiger partial charge in [-0.25, -0.2) is 0 Å². The largest absolute Gasteiger partial charge is 0.496 e. The van der Waals surface area contributed by atoms with Crippen LogP contribution in [0.25, 0.3) is 0 Å². The number of amides is 3. The predicted molar refractivity (Wildman–Crippen MR) is 104 cm³/mol. The van der Waals surface area contributed by atoms with Crippen LogP contribution in [-0.2, 0) is 24.1 Å². The van der Waals surface area contributed by atoms with Crippen LogP contribution >= 0.6 is 11.8 Å². The summed E-state index contributed by atoms with van der Waals surface area (Å²) in [5.74, 6) is -0.413. The summed E-state index contributed by atoms with van der Waals surface area (Å²) in [5, 5.41) is 2.29. The highest BCUT2D eigenvalue weighted by Gasteiger charge is 2.31. The van der Waals surface area contributed by atoms with Gasteiger partial charge in [-0.3, -0.25) is 19.3 Å². The van der Waals surface area contributed by atoms with Gasteiger partial charge in [-0.2, -0.15) is 13.2 Å². The highest BCUT2D eigenvalue weighted by Crippen LogP contribution is 2.29. The van der Waals surface area contributed by atoms with E-state index in [-0.39, 0.29) is 41.3 Å². The van der Waals surface area contributed by atoms with Crippen LogP contribution in [-0.4, -0.2) is 34.8 Å². The number of carbonyl (C=O) groups is 3. The van der Waals surface area contributed by atoms with E-state index in [0.29, 0.717) is 11.1 Å². The zero-order valence-electron chi connectivity index (χ0n) is 15.8. The number of ether oxygens (including phenoxy) is 1. The summed E-state index contributed by atoms with van der Waals surface area (Å²) in [7, 11) is 1.39. The molecule has 2 aromatic rings. The monoisotopic (exact) mass is 438 g/mol. The quantitative estimate of drug-likeness (QED) is 0.742. The van der Waals surface area contributed by atoms with Crippen LogP contribution in [0.3, 0.4) is 0 Å². The number of alkyl halides is 3. The van der Waals surface area contributed by atoms with E-state index in [1.165, 1.54) is 25.3 Å². The number of halogens is 3. The van der Waals surface area contributed by atoms with Crippen molar-refractivity contribution >= 4 is 28.8 Å². The average molecular weight is 438 g/mol.